The fourth-order valence-corrected chi connectivity index (χ4v) is 3.28. The maximum absolute atomic E-state index is 13.3. The number of nitrogens with two attached hydrogens (primary N) is 1. The Labute approximate surface area is 124 Å². The molecule has 0 aliphatic heterocycles. The van der Waals surface area contributed by atoms with Crippen molar-refractivity contribution in [1.29, 1.82) is 0 Å². The molecule has 0 unspecified atom stereocenters. The maximum atomic E-state index is 13.3. The zero-order valence-electron chi connectivity index (χ0n) is 11.9. The Balaban J connectivity index is 2.44. The van der Waals surface area contributed by atoms with Crippen LogP contribution in [0.4, 0.5) is 15.8 Å². The first kappa shape index (κ1) is 15.3. The minimum atomic E-state index is -3.90. The Bertz CT molecular complexity index is 743. The molecule has 2 aromatic rings. The molecule has 2 aromatic carbocycles. The lowest BCUT2D eigenvalue weighted by atomic mass is 10.1. The Morgan fingerprint density at radius 2 is 1.76 bits per heavy atom. The van der Waals surface area contributed by atoms with Gasteiger partial charge in [-0.2, -0.15) is 0 Å². The summed E-state index contributed by atoms with van der Waals surface area (Å²) in [6, 6.07) is 10.5. The molecule has 0 heterocycles. The summed E-state index contributed by atoms with van der Waals surface area (Å²) in [6.07, 6.45) is 0.869. The van der Waals surface area contributed by atoms with Crippen molar-refractivity contribution >= 4 is 21.4 Å². The molecule has 0 aliphatic rings. The average molecular weight is 308 g/mol. The average Bonchev–Trinajstić information content (AvgIpc) is 2.49. The number of rotatable bonds is 4. The molecule has 0 spiro atoms. The highest BCUT2D eigenvalue weighted by atomic mass is 32.2. The smallest absolute Gasteiger partial charge is 0.266 e. The van der Waals surface area contributed by atoms with Crippen LogP contribution in [0.3, 0.4) is 0 Å². The van der Waals surface area contributed by atoms with Gasteiger partial charge >= 0.3 is 0 Å². The molecule has 0 amide bonds. The van der Waals surface area contributed by atoms with Gasteiger partial charge in [-0.1, -0.05) is 19.1 Å². The summed E-state index contributed by atoms with van der Waals surface area (Å²) in [4.78, 5) is -0.232. The van der Waals surface area contributed by atoms with Gasteiger partial charge in [-0.05, 0) is 42.3 Å². The number of hydrogen-bond acceptors (Lipinski definition) is 3. The lowest BCUT2D eigenvalue weighted by molar-refractivity contribution is 0.590. The van der Waals surface area contributed by atoms with Crippen molar-refractivity contribution < 1.29 is 12.8 Å². The van der Waals surface area contributed by atoms with Gasteiger partial charge in [-0.15, -0.1) is 0 Å². The molecule has 0 saturated heterocycles. The van der Waals surface area contributed by atoms with Crippen LogP contribution in [0.1, 0.15) is 12.5 Å². The third kappa shape index (κ3) is 3.00. The van der Waals surface area contributed by atoms with Crippen LogP contribution in [0.2, 0.25) is 0 Å². The molecule has 0 fully saturated rings. The predicted octanol–water partition coefficient (Wildman–Crippen LogP) is 2.80. The van der Waals surface area contributed by atoms with Gasteiger partial charge in [0.1, 0.15) is 10.7 Å². The Morgan fingerprint density at radius 3 is 2.33 bits per heavy atom. The maximum Gasteiger partial charge on any atom is 0.266 e. The second-order valence-corrected chi connectivity index (χ2v) is 6.61. The van der Waals surface area contributed by atoms with Crippen LogP contribution in [0, 0.1) is 5.82 Å². The largest absolute Gasteiger partial charge is 0.398 e. The Hall–Kier alpha value is -2.08. The van der Waals surface area contributed by atoms with E-state index in [-0.39, 0.29) is 10.6 Å². The normalized spacial score (nSPS) is 11.4. The van der Waals surface area contributed by atoms with Gasteiger partial charge in [0.25, 0.3) is 10.0 Å². The zero-order chi connectivity index (χ0) is 15.6. The fraction of sp³-hybridized carbons (Fsp3) is 0.200. The van der Waals surface area contributed by atoms with E-state index < -0.39 is 15.8 Å². The summed E-state index contributed by atoms with van der Waals surface area (Å²) < 4.78 is 39.5. The van der Waals surface area contributed by atoms with Crippen molar-refractivity contribution in [2.75, 3.05) is 17.1 Å². The van der Waals surface area contributed by atoms with Crippen molar-refractivity contribution in [2.45, 2.75) is 18.2 Å². The first-order valence-electron chi connectivity index (χ1n) is 6.49. The highest BCUT2D eigenvalue weighted by molar-refractivity contribution is 7.93. The van der Waals surface area contributed by atoms with E-state index in [1.165, 1.54) is 13.1 Å². The molecule has 112 valence electrons. The SMILES string of the molecule is CCc1ccc(N(C)S(=O)(=O)c2cc(F)ccc2N)cc1. The number of halogens is 1. The van der Waals surface area contributed by atoms with Gasteiger partial charge in [-0.25, -0.2) is 12.8 Å². The van der Waals surface area contributed by atoms with Crippen molar-refractivity contribution in [3.8, 4) is 0 Å². The van der Waals surface area contributed by atoms with E-state index in [1.54, 1.807) is 12.1 Å². The van der Waals surface area contributed by atoms with Gasteiger partial charge in [0.2, 0.25) is 0 Å². The molecule has 2 N–H and O–H groups in total. The van der Waals surface area contributed by atoms with E-state index in [0.717, 1.165) is 28.4 Å². The summed E-state index contributed by atoms with van der Waals surface area (Å²) in [5.74, 6) is -0.641. The van der Waals surface area contributed by atoms with Gasteiger partial charge in [-0.3, -0.25) is 4.31 Å². The van der Waals surface area contributed by atoms with Crippen molar-refractivity contribution in [1.82, 2.24) is 0 Å². The number of aryl methyl sites for hydroxylation is 1. The summed E-state index contributed by atoms with van der Waals surface area (Å²) in [6.45, 7) is 2.02. The summed E-state index contributed by atoms with van der Waals surface area (Å²) in [7, 11) is -2.48. The van der Waals surface area contributed by atoms with Crippen molar-refractivity contribution in [2.24, 2.45) is 0 Å². The molecule has 0 aromatic heterocycles. The lowest BCUT2D eigenvalue weighted by Crippen LogP contribution is -2.27. The number of hydrogen-bond donors (Lipinski definition) is 1. The van der Waals surface area contributed by atoms with Gasteiger partial charge < -0.3 is 5.73 Å². The quantitative estimate of drug-likeness (QED) is 0.883. The molecule has 6 heteroatoms. The summed E-state index contributed by atoms with van der Waals surface area (Å²) in [5.41, 5.74) is 7.29. The van der Waals surface area contributed by atoms with E-state index in [9.17, 15) is 12.8 Å². The molecule has 0 bridgehead atoms. The third-order valence-electron chi connectivity index (χ3n) is 3.32. The Kier molecular flexibility index (Phi) is 4.18. The van der Waals surface area contributed by atoms with Gasteiger partial charge in [0.05, 0.1) is 11.4 Å². The molecule has 2 rings (SSSR count). The third-order valence-corrected chi connectivity index (χ3v) is 5.16. The zero-order valence-corrected chi connectivity index (χ0v) is 12.7. The van der Waals surface area contributed by atoms with Crippen molar-refractivity contribution in [3.05, 3.63) is 53.8 Å². The van der Waals surface area contributed by atoms with Crippen LogP contribution < -0.4 is 10.0 Å². The van der Waals surface area contributed by atoms with E-state index in [4.69, 9.17) is 5.73 Å². The first-order valence-corrected chi connectivity index (χ1v) is 7.93. The van der Waals surface area contributed by atoms with E-state index >= 15 is 0 Å². The summed E-state index contributed by atoms with van der Waals surface area (Å²) in [5, 5.41) is 0. The monoisotopic (exact) mass is 308 g/mol. The first-order chi connectivity index (χ1) is 9.86. The second kappa shape index (κ2) is 5.73. The molecule has 0 saturated carbocycles. The molecule has 4 nitrogen and oxygen atoms in total. The fourth-order valence-electron chi connectivity index (χ4n) is 1.96. The van der Waals surface area contributed by atoms with Crippen LogP contribution in [0.5, 0.6) is 0 Å². The minimum absolute atomic E-state index is 0.0217. The molecular weight excluding hydrogens is 291 g/mol. The molecule has 0 radical (unpaired) electrons. The molecule has 0 atom stereocenters. The van der Waals surface area contributed by atoms with Crippen molar-refractivity contribution in [3.63, 3.8) is 0 Å². The summed E-state index contributed by atoms with van der Waals surface area (Å²) >= 11 is 0. The molecular formula is C15H17FN2O2S. The van der Waals surface area contributed by atoms with Gasteiger partial charge in [0.15, 0.2) is 0 Å². The number of anilines is 2. The van der Waals surface area contributed by atoms with Crippen LogP contribution >= 0.6 is 0 Å². The minimum Gasteiger partial charge on any atom is -0.398 e. The van der Waals surface area contributed by atoms with Gasteiger partial charge in [0, 0.05) is 7.05 Å². The van der Waals surface area contributed by atoms with Crippen LogP contribution in [-0.2, 0) is 16.4 Å². The number of nitrogen functional groups attached to an aromatic ring is 1. The standard InChI is InChI=1S/C15H17FN2O2S/c1-3-11-4-7-13(8-5-11)18(2)21(19,20)15-10-12(16)6-9-14(15)17/h4-10H,3,17H2,1-2H3. The number of benzene rings is 2. The van der Waals surface area contributed by atoms with E-state index in [0.29, 0.717) is 5.69 Å². The van der Waals surface area contributed by atoms with Crippen LogP contribution in [0.15, 0.2) is 47.4 Å². The highest BCUT2D eigenvalue weighted by Crippen LogP contribution is 2.26. The second-order valence-electron chi connectivity index (χ2n) is 4.67. The molecule has 21 heavy (non-hydrogen) atoms. The van der Waals surface area contributed by atoms with E-state index in [1.807, 2.05) is 19.1 Å². The number of nitrogens with zero attached hydrogens (tertiary/aromatic N) is 1. The molecule has 0 aliphatic carbocycles. The Morgan fingerprint density at radius 1 is 1.14 bits per heavy atom. The topological polar surface area (TPSA) is 63.4 Å². The van der Waals surface area contributed by atoms with Crippen LogP contribution in [-0.4, -0.2) is 15.5 Å². The van der Waals surface area contributed by atoms with Crippen LogP contribution in [0.25, 0.3) is 0 Å². The lowest BCUT2D eigenvalue weighted by Gasteiger charge is -2.20. The number of sulfonamides is 1. The van der Waals surface area contributed by atoms with E-state index in [2.05, 4.69) is 0 Å². The predicted molar refractivity (Wildman–Crippen MR) is 82.2 cm³/mol. The highest BCUT2D eigenvalue weighted by Gasteiger charge is 2.24.